The molecule has 3 heterocycles. The van der Waals surface area contributed by atoms with Crippen molar-refractivity contribution in [2.75, 3.05) is 7.11 Å². The van der Waals surface area contributed by atoms with Crippen LogP contribution in [-0.4, -0.2) is 22.5 Å². The lowest BCUT2D eigenvalue weighted by atomic mass is 10.3. The largest absolute Gasteiger partial charge is 0.464 e. The normalized spacial score (nSPS) is 10.8. The predicted octanol–water partition coefficient (Wildman–Crippen LogP) is 2.69. The van der Waals surface area contributed by atoms with Crippen LogP contribution in [0.1, 0.15) is 16.2 Å². The van der Waals surface area contributed by atoms with Crippen LogP contribution >= 0.6 is 0 Å². The van der Waals surface area contributed by atoms with Crippen LogP contribution in [0, 0.1) is 6.92 Å². The lowest BCUT2D eigenvalue weighted by Crippen LogP contribution is -2.06. The van der Waals surface area contributed by atoms with Crippen molar-refractivity contribution in [1.82, 2.24) is 9.38 Å². The molecular weight excluding hydrogens is 244 g/mol. The summed E-state index contributed by atoms with van der Waals surface area (Å²) in [5, 5.41) is 0. The van der Waals surface area contributed by atoms with Crippen LogP contribution in [0.2, 0.25) is 0 Å². The van der Waals surface area contributed by atoms with E-state index in [1.807, 2.05) is 25.1 Å². The van der Waals surface area contributed by atoms with Gasteiger partial charge in [-0.1, -0.05) is 6.07 Å². The van der Waals surface area contributed by atoms with Crippen molar-refractivity contribution >= 4 is 11.6 Å². The maximum atomic E-state index is 11.7. The molecule has 0 unspecified atom stereocenters. The van der Waals surface area contributed by atoms with Gasteiger partial charge in [0.1, 0.15) is 22.8 Å². The number of methoxy groups -OCH3 is 1. The van der Waals surface area contributed by atoms with Crippen LogP contribution < -0.4 is 0 Å². The molecule has 19 heavy (non-hydrogen) atoms. The first-order chi connectivity index (χ1) is 9.19. The first kappa shape index (κ1) is 11.5. The number of carbonyl (C=O) groups is 1. The Balaban J connectivity index is 2.18. The smallest absolute Gasteiger partial charge is 0.355 e. The van der Waals surface area contributed by atoms with E-state index < -0.39 is 5.97 Å². The molecule has 96 valence electrons. The monoisotopic (exact) mass is 256 g/mol. The number of hydrogen-bond acceptors (Lipinski definition) is 4. The van der Waals surface area contributed by atoms with E-state index in [0.29, 0.717) is 22.8 Å². The lowest BCUT2D eigenvalue weighted by Gasteiger charge is -2.01. The van der Waals surface area contributed by atoms with Gasteiger partial charge in [0.05, 0.1) is 7.11 Å². The Bertz CT molecular complexity index is 755. The third-order valence-electron chi connectivity index (χ3n) is 2.88. The van der Waals surface area contributed by atoms with E-state index in [-0.39, 0.29) is 0 Å². The highest BCUT2D eigenvalue weighted by atomic mass is 16.5. The summed E-state index contributed by atoms with van der Waals surface area (Å²) in [5.74, 6) is 1.10. The van der Waals surface area contributed by atoms with Gasteiger partial charge in [0.2, 0.25) is 0 Å². The van der Waals surface area contributed by atoms with Crippen molar-refractivity contribution in [2.45, 2.75) is 6.92 Å². The van der Waals surface area contributed by atoms with Crippen LogP contribution in [0.15, 0.2) is 40.9 Å². The average molecular weight is 256 g/mol. The predicted molar refractivity (Wildman–Crippen MR) is 69.0 cm³/mol. The fourth-order valence-electron chi connectivity index (χ4n) is 1.97. The molecule has 0 atom stereocenters. The molecule has 0 aliphatic rings. The van der Waals surface area contributed by atoms with Gasteiger partial charge < -0.3 is 9.15 Å². The Morgan fingerprint density at radius 2 is 2.16 bits per heavy atom. The second-order valence-electron chi connectivity index (χ2n) is 4.17. The number of nitrogens with zero attached hydrogens (tertiary/aromatic N) is 2. The summed E-state index contributed by atoms with van der Waals surface area (Å²) in [7, 11) is 1.36. The van der Waals surface area contributed by atoms with Gasteiger partial charge in [-0.15, -0.1) is 0 Å². The van der Waals surface area contributed by atoms with E-state index in [9.17, 15) is 4.79 Å². The molecule has 3 aromatic heterocycles. The number of aryl methyl sites for hydroxylation is 1. The Labute approximate surface area is 109 Å². The van der Waals surface area contributed by atoms with Crippen molar-refractivity contribution in [3.8, 4) is 11.5 Å². The van der Waals surface area contributed by atoms with Gasteiger partial charge in [-0.2, -0.15) is 0 Å². The van der Waals surface area contributed by atoms with Crippen LogP contribution in [0.25, 0.3) is 17.1 Å². The summed E-state index contributed by atoms with van der Waals surface area (Å²) in [5.41, 5.74) is 1.79. The van der Waals surface area contributed by atoms with Crippen molar-refractivity contribution in [2.24, 2.45) is 0 Å². The number of fused-ring (bicyclic) bond motifs is 1. The number of esters is 1. The molecule has 3 rings (SSSR count). The van der Waals surface area contributed by atoms with Gasteiger partial charge in [-0.05, 0) is 31.2 Å². The molecule has 0 saturated carbocycles. The number of hydrogen-bond donors (Lipinski definition) is 0. The molecule has 5 heteroatoms. The zero-order valence-electron chi connectivity index (χ0n) is 10.6. The number of ether oxygens (including phenoxy) is 1. The Morgan fingerprint density at radius 3 is 2.84 bits per heavy atom. The minimum Gasteiger partial charge on any atom is -0.464 e. The Kier molecular flexibility index (Phi) is 2.59. The maximum Gasteiger partial charge on any atom is 0.355 e. The van der Waals surface area contributed by atoms with Crippen LogP contribution in [0.5, 0.6) is 0 Å². The van der Waals surface area contributed by atoms with Crippen LogP contribution in [0.4, 0.5) is 0 Å². The number of imidazole rings is 1. The van der Waals surface area contributed by atoms with E-state index in [1.165, 1.54) is 7.11 Å². The highest BCUT2D eigenvalue weighted by molar-refractivity contribution is 5.88. The van der Waals surface area contributed by atoms with E-state index in [0.717, 1.165) is 5.76 Å². The molecule has 0 spiro atoms. The molecule has 0 N–H and O–H groups in total. The molecule has 0 bridgehead atoms. The first-order valence-electron chi connectivity index (χ1n) is 5.82. The van der Waals surface area contributed by atoms with Gasteiger partial charge >= 0.3 is 5.97 Å². The second-order valence-corrected chi connectivity index (χ2v) is 4.17. The number of rotatable bonds is 2. The van der Waals surface area contributed by atoms with Crippen LogP contribution in [-0.2, 0) is 4.74 Å². The van der Waals surface area contributed by atoms with E-state index in [1.54, 1.807) is 22.7 Å². The quantitative estimate of drug-likeness (QED) is 0.661. The number of carbonyl (C=O) groups excluding carboxylic acids is 1. The second kappa shape index (κ2) is 4.28. The van der Waals surface area contributed by atoms with Crippen molar-refractivity contribution in [3.05, 3.63) is 48.0 Å². The van der Waals surface area contributed by atoms with Gasteiger partial charge in [0.15, 0.2) is 5.76 Å². The zero-order valence-corrected chi connectivity index (χ0v) is 10.6. The molecule has 0 aliphatic carbocycles. The Hall–Kier alpha value is -2.56. The zero-order chi connectivity index (χ0) is 13.4. The number of pyridine rings is 1. The fraction of sp³-hybridized carbons (Fsp3) is 0.143. The highest BCUT2D eigenvalue weighted by Gasteiger charge is 2.14. The topological polar surface area (TPSA) is 56.7 Å². The van der Waals surface area contributed by atoms with Gasteiger partial charge in [0, 0.05) is 6.20 Å². The lowest BCUT2D eigenvalue weighted by molar-refractivity contribution is 0.0592. The minimum absolute atomic E-state index is 0.398. The van der Waals surface area contributed by atoms with Crippen molar-refractivity contribution in [1.29, 1.82) is 0 Å². The fourth-order valence-corrected chi connectivity index (χ4v) is 1.97. The Morgan fingerprint density at radius 1 is 1.32 bits per heavy atom. The summed E-state index contributed by atoms with van der Waals surface area (Å²) in [6.07, 6.45) is 1.76. The molecule has 0 amide bonds. The standard InChI is InChI=1S/C14H12N2O3/c1-9-6-7-12(19-9)10-8-16-11(14(17)18-2)4-3-5-13(16)15-10/h3-8H,1-2H3. The molecule has 0 aliphatic heterocycles. The average Bonchev–Trinajstić information content (AvgIpc) is 3.02. The number of aromatic nitrogens is 2. The van der Waals surface area contributed by atoms with E-state index in [4.69, 9.17) is 9.15 Å². The summed E-state index contributed by atoms with van der Waals surface area (Å²) < 4.78 is 12.0. The van der Waals surface area contributed by atoms with Crippen LogP contribution in [0.3, 0.4) is 0 Å². The first-order valence-corrected chi connectivity index (χ1v) is 5.82. The third kappa shape index (κ3) is 1.89. The van der Waals surface area contributed by atoms with E-state index >= 15 is 0 Å². The molecule has 3 aromatic rings. The summed E-state index contributed by atoms with van der Waals surface area (Å²) in [6, 6.07) is 9.02. The molecule has 0 radical (unpaired) electrons. The molecule has 5 nitrogen and oxygen atoms in total. The third-order valence-corrected chi connectivity index (χ3v) is 2.88. The molecule has 0 aromatic carbocycles. The van der Waals surface area contributed by atoms with Gasteiger partial charge in [0.25, 0.3) is 0 Å². The molecular formula is C14H12N2O3. The summed E-state index contributed by atoms with van der Waals surface area (Å²) in [4.78, 5) is 16.1. The minimum atomic E-state index is -0.398. The maximum absolute atomic E-state index is 11.7. The molecule has 0 saturated heterocycles. The summed E-state index contributed by atoms with van der Waals surface area (Å²) >= 11 is 0. The van der Waals surface area contributed by atoms with Crippen molar-refractivity contribution in [3.63, 3.8) is 0 Å². The van der Waals surface area contributed by atoms with Gasteiger partial charge in [-0.25, -0.2) is 9.78 Å². The van der Waals surface area contributed by atoms with Gasteiger partial charge in [-0.3, -0.25) is 4.40 Å². The SMILES string of the molecule is COC(=O)c1cccc2nc(-c3ccc(C)o3)cn12. The van der Waals surface area contributed by atoms with Crippen molar-refractivity contribution < 1.29 is 13.9 Å². The molecule has 0 fully saturated rings. The highest BCUT2D eigenvalue weighted by Crippen LogP contribution is 2.22. The van der Waals surface area contributed by atoms with E-state index in [2.05, 4.69) is 4.98 Å². The summed E-state index contributed by atoms with van der Waals surface area (Å²) in [6.45, 7) is 1.87. The number of furan rings is 1.